The van der Waals surface area contributed by atoms with Gasteiger partial charge in [0.2, 0.25) is 5.91 Å². The maximum atomic E-state index is 11.7. The van der Waals surface area contributed by atoms with E-state index in [1.54, 1.807) is 23.5 Å². The largest absolute Gasteiger partial charge is 0.326 e. The molecule has 0 bridgehead atoms. The van der Waals surface area contributed by atoms with Crippen LogP contribution >= 0.6 is 11.8 Å². The zero-order chi connectivity index (χ0) is 13.5. The third kappa shape index (κ3) is 4.36. The Morgan fingerprint density at radius 2 is 2.16 bits per heavy atom. The van der Waals surface area contributed by atoms with Gasteiger partial charge in [-0.2, -0.15) is 11.8 Å². The molecule has 1 amide bonds. The minimum Gasteiger partial charge on any atom is -0.326 e. The topological polar surface area (TPSA) is 72.7 Å². The van der Waals surface area contributed by atoms with E-state index >= 15 is 0 Å². The number of aromatic nitrogens is 4. The summed E-state index contributed by atoms with van der Waals surface area (Å²) in [6.07, 6.45) is 0.477. The van der Waals surface area contributed by atoms with Gasteiger partial charge in [0.15, 0.2) is 5.82 Å². The Hall–Kier alpha value is -1.89. The van der Waals surface area contributed by atoms with Gasteiger partial charge in [-0.05, 0) is 22.6 Å². The second-order valence-electron chi connectivity index (χ2n) is 3.94. The molecular formula is C12H15N5OS. The number of amides is 1. The molecule has 0 fully saturated rings. The van der Waals surface area contributed by atoms with Gasteiger partial charge in [-0.1, -0.05) is 18.2 Å². The summed E-state index contributed by atoms with van der Waals surface area (Å²) in [7, 11) is 1.80. The average Bonchev–Trinajstić information content (AvgIpc) is 2.81. The van der Waals surface area contributed by atoms with Crippen LogP contribution in [0.5, 0.6) is 0 Å². The molecule has 19 heavy (non-hydrogen) atoms. The predicted octanol–water partition coefficient (Wildman–Crippen LogP) is 1.47. The van der Waals surface area contributed by atoms with Crippen LogP contribution in [-0.2, 0) is 17.6 Å². The minimum atomic E-state index is 0.0230. The quantitative estimate of drug-likeness (QED) is 0.809. The van der Waals surface area contributed by atoms with Crippen LogP contribution in [0.15, 0.2) is 30.3 Å². The van der Waals surface area contributed by atoms with Crippen molar-refractivity contribution in [3.63, 3.8) is 0 Å². The monoisotopic (exact) mass is 277 g/mol. The van der Waals surface area contributed by atoms with Crippen LogP contribution in [-0.4, -0.2) is 31.9 Å². The van der Waals surface area contributed by atoms with E-state index in [1.807, 2.05) is 30.3 Å². The molecule has 2 aromatic rings. The van der Waals surface area contributed by atoms with Crippen molar-refractivity contribution in [2.75, 3.05) is 11.1 Å². The number of nitrogens with zero attached hydrogens (tertiary/aromatic N) is 4. The number of thioether (sulfide) groups is 1. The number of carbonyl (C=O) groups is 1. The molecule has 0 radical (unpaired) electrons. The van der Waals surface area contributed by atoms with E-state index in [1.165, 1.54) is 0 Å². The number of benzene rings is 1. The highest BCUT2D eigenvalue weighted by atomic mass is 32.2. The van der Waals surface area contributed by atoms with Crippen LogP contribution in [0.1, 0.15) is 12.2 Å². The molecule has 0 atom stereocenters. The number of hydrogen-bond acceptors (Lipinski definition) is 5. The van der Waals surface area contributed by atoms with Crippen molar-refractivity contribution in [2.24, 2.45) is 7.05 Å². The van der Waals surface area contributed by atoms with Gasteiger partial charge < -0.3 is 5.32 Å². The molecule has 0 aliphatic rings. The zero-order valence-corrected chi connectivity index (χ0v) is 11.4. The second kappa shape index (κ2) is 6.89. The molecule has 0 spiro atoms. The number of hydrogen-bond donors (Lipinski definition) is 1. The smallest absolute Gasteiger partial charge is 0.225 e. The first-order valence-corrected chi connectivity index (χ1v) is 7.05. The highest BCUT2D eigenvalue weighted by Gasteiger charge is 2.04. The molecule has 1 heterocycles. The zero-order valence-electron chi connectivity index (χ0n) is 10.6. The maximum Gasteiger partial charge on any atom is 0.225 e. The van der Waals surface area contributed by atoms with Gasteiger partial charge in [0.1, 0.15) is 0 Å². The van der Waals surface area contributed by atoms with Crippen LogP contribution in [0.4, 0.5) is 5.69 Å². The Bertz CT molecular complexity index is 528. The minimum absolute atomic E-state index is 0.0230. The number of aryl methyl sites for hydroxylation is 1. The van der Waals surface area contributed by atoms with E-state index in [0.29, 0.717) is 12.2 Å². The predicted molar refractivity (Wildman–Crippen MR) is 74.6 cm³/mol. The molecule has 0 aliphatic heterocycles. The van der Waals surface area contributed by atoms with Crippen molar-refractivity contribution in [1.29, 1.82) is 0 Å². The standard InChI is InChI=1S/C12H15N5OS/c1-17-11(14-15-16-17)9-19-8-7-12(18)13-10-5-3-2-4-6-10/h2-6H,7-9H2,1H3,(H,13,18). The molecule has 0 saturated heterocycles. The lowest BCUT2D eigenvalue weighted by Gasteiger charge is -2.04. The molecule has 2 rings (SSSR count). The number of rotatable bonds is 6. The van der Waals surface area contributed by atoms with Crippen LogP contribution in [0.2, 0.25) is 0 Å². The van der Waals surface area contributed by atoms with Crippen molar-refractivity contribution < 1.29 is 4.79 Å². The van der Waals surface area contributed by atoms with Gasteiger partial charge >= 0.3 is 0 Å². The van der Waals surface area contributed by atoms with E-state index in [9.17, 15) is 4.79 Å². The van der Waals surface area contributed by atoms with Crippen molar-refractivity contribution in [2.45, 2.75) is 12.2 Å². The maximum absolute atomic E-state index is 11.7. The number of carbonyl (C=O) groups excluding carboxylic acids is 1. The van der Waals surface area contributed by atoms with Crippen molar-refractivity contribution in [3.05, 3.63) is 36.2 Å². The van der Waals surface area contributed by atoms with Gasteiger partial charge in [0.25, 0.3) is 0 Å². The van der Waals surface area contributed by atoms with Gasteiger partial charge in [0, 0.05) is 24.9 Å². The van der Waals surface area contributed by atoms with E-state index in [-0.39, 0.29) is 5.91 Å². The van der Waals surface area contributed by atoms with Crippen molar-refractivity contribution >= 4 is 23.4 Å². The Morgan fingerprint density at radius 1 is 1.37 bits per heavy atom. The van der Waals surface area contributed by atoms with Gasteiger partial charge in [-0.25, -0.2) is 4.68 Å². The Morgan fingerprint density at radius 3 is 2.84 bits per heavy atom. The van der Waals surface area contributed by atoms with Gasteiger partial charge in [-0.3, -0.25) is 4.79 Å². The van der Waals surface area contributed by atoms with Crippen LogP contribution in [0.3, 0.4) is 0 Å². The van der Waals surface area contributed by atoms with Crippen LogP contribution < -0.4 is 5.32 Å². The number of para-hydroxylation sites is 1. The molecule has 1 aromatic heterocycles. The second-order valence-corrected chi connectivity index (χ2v) is 5.04. The summed E-state index contributed by atoms with van der Waals surface area (Å²) < 4.78 is 1.64. The summed E-state index contributed by atoms with van der Waals surface area (Å²) in [5.41, 5.74) is 0.829. The third-order valence-corrected chi connectivity index (χ3v) is 3.43. The molecular weight excluding hydrogens is 262 g/mol. The summed E-state index contributed by atoms with van der Waals surface area (Å²) in [6.45, 7) is 0. The molecule has 0 saturated carbocycles. The number of tetrazole rings is 1. The highest BCUT2D eigenvalue weighted by molar-refractivity contribution is 7.98. The molecule has 0 aliphatic carbocycles. The highest BCUT2D eigenvalue weighted by Crippen LogP contribution is 2.11. The fourth-order valence-corrected chi connectivity index (χ4v) is 2.34. The van der Waals surface area contributed by atoms with Gasteiger partial charge in [-0.15, -0.1) is 5.10 Å². The van der Waals surface area contributed by atoms with E-state index in [0.717, 1.165) is 17.3 Å². The summed E-state index contributed by atoms with van der Waals surface area (Å²) in [5, 5.41) is 14.0. The number of anilines is 1. The van der Waals surface area contributed by atoms with Crippen molar-refractivity contribution in [3.8, 4) is 0 Å². The van der Waals surface area contributed by atoms with E-state index in [4.69, 9.17) is 0 Å². The molecule has 0 unspecified atom stereocenters. The van der Waals surface area contributed by atoms with Gasteiger partial charge in [0.05, 0.1) is 5.75 Å². The SMILES string of the molecule is Cn1nnnc1CSCCC(=O)Nc1ccccc1. The Labute approximate surface area is 115 Å². The Balaban J connectivity index is 1.66. The molecule has 1 aromatic carbocycles. The summed E-state index contributed by atoms with van der Waals surface area (Å²) in [6, 6.07) is 9.45. The summed E-state index contributed by atoms with van der Waals surface area (Å²) >= 11 is 1.64. The van der Waals surface area contributed by atoms with E-state index < -0.39 is 0 Å². The Kier molecular flexibility index (Phi) is 4.91. The lowest BCUT2D eigenvalue weighted by Crippen LogP contribution is -2.12. The average molecular weight is 277 g/mol. The first-order chi connectivity index (χ1) is 9.25. The molecule has 100 valence electrons. The fraction of sp³-hybridized carbons (Fsp3) is 0.333. The molecule has 1 N–H and O–H groups in total. The van der Waals surface area contributed by atoms with Crippen molar-refractivity contribution in [1.82, 2.24) is 20.2 Å². The molecule has 7 heteroatoms. The third-order valence-electron chi connectivity index (χ3n) is 2.47. The normalized spacial score (nSPS) is 10.4. The first kappa shape index (κ1) is 13.5. The van der Waals surface area contributed by atoms with Crippen LogP contribution in [0.25, 0.3) is 0 Å². The fourth-order valence-electron chi connectivity index (χ4n) is 1.44. The first-order valence-electron chi connectivity index (χ1n) is 5.89. The number of nitrogens with one attached hydrogen (secondary N) is 1. The van der Waals surface area contributed by atoms with E-state index in [2.05, 4.69) is 20.8 Å². The van der Waals surface area contributed by atoms with Crippen LogP contribution in [0, 0.1) is 0 Å². The lowest BCUT2D eigenvalue weighted by molar-refractivity contribution is -0.115. The molecule has 6 nitrogen and oxygen atoms in total. The summed E-state index contributed by atoms with van der Waals surface area (Å²) in [4.78, 5) is 11.7. The summed E-state index contributed by atoms with van der Waals surface area (Å²) in [5.74, 6) is 2.29. The lowest BCUT2D eigenvalue weighted by atomic mass is 10.3.